The van der Waals surface area contributed by atoms with Crippen molar-refractivity contribution < 1.29 is 101 Å². The van der Waals surface area contributed by atoms with Gasteiger partial charge in [-0.3, -0.25) is 0 Å². The van der Waals surface area contributed by atoms with Crippen molar-refractivity contribution in [2.75, 3.05) is 0 Å². The van der Waals surface area contributed by atoms with E-state index >= 15 is 0 Å². The average Bonchev–Trinajstić information content (AvgIpc) is 1.14. The monoisotopic (exact) mass is 268 g/mol. The molecule has 11 heavy (non-hydrogen) atoms. The van der Waals surface area contributed by atoms with E-state index in [2.05, 4.69) is 4.31 Å². The minimum absolute atomic E-state index is 0. The summed E-state index contributed by atoms with van der Waals surface area (Å²) in [5.41, 5.74) is 0. The Hall–Kier alpha value is 2.42. The van der Waals surface area contributed by atoms with Crippen LogP contribution in [0.2, 0.25) is 0 Å². The molecule has 0 aromatic carbocycles. The molecule has 0 spiro atoms. The van der Waals surface area contributed by atoms with E-state index in [0.717, 1.165) is 0 Å². The van der Waals surface area contributed by atoms with Crippen LogP contribution in [0.1, 0.15) is 0 Å². The van der Waals surface area contributed by atoms with Gasteiger partial charge < -0.3 is 33.0 Å². The van der Waals surface area contributed by atoms with Crippen LogP contribution >= 0.6 is 15.6 Å². The van der Waals surface area contributed by atoms with Gasteiger partial charge in [0.25, 0.3) is 0 Å². The number of hydrogen-bond donors (Lipinski definition) is 0. The van der Waals surface area contributed by atoms with Crippen LogP contribution in [0, 0.1) is 0 Å². The normalized spacial score (nSPS) is 11.3. The van der Waals surface area contributed by atoms with Gasteiger partial charge in [-0.25, -0.2) is 0 Å². The first-order valence-electron chi connectivity index (χ1n) is 1.46. The van der Waals surface area contributed by atoms with Gasteiger partial charge in [0.05, 0.1) is 15.6 Å². The molecule has 11 heteroatoms. The van der Waals surface area contributed by atoms with E-state index in [1.165, 1.54) is 0 Å². The van der Waals surface area contributed by atoms with Crippen molar-refractivity contribution in [3.05, 3.63) is 0 Å². The third-order valence-corrected chi connectivity index (χ3v) is 1.80. The zero-order chi connectivity index (χ0) is 7.71. The predicted octanol–water partition coefficient (Wildman–Crippen LogP) is -6.34. The molecule has 0 atom stereocenters. The summed E-state index contributed by atoms with van der Waals surface area (Å²) in [6.07, 6.45) is 0. The Kier molecular flexibility index (Phi) is 11.8. The summed E-state index contributed by atoms with van der Waals surface area (Å²) in [6.45, 7) is 0. The Labute approximate surface area is 115 Å². The number of rotatable bonds is 2. The number of phosphoric acid groups is 2. The largest absolute Gasteiger partial charge is 3.00 e. The van der Waals surface area contributed by atoms with E-state index < -0.39 is 15.6 Å². The van der Waals surface area contributed by atoms with Crippen molar-refractivity contribution in [1.29, 1.82) is 0 Å². The molecule has 0 aliphatic carbocycles. The molecule has 0 aromatic rings. The van der Waals surface area contributed by atoms with Crippen molar-refractivity contribution in [1.82, 2.24) is 0 Å². The summed E-state index contributed by atoms with van der Waals surface area (Å²) in [5.74, 6) is 0. The zero-order valence-electron chi connectivity index (χ0n) is 5.13. The third kappa shape index (κ3) is 19.0. The first kappa shape index (κ1) is 19.1. The molecule has 0 heterocycles. The van der Waals surface area contributed by atoms with E-state index in [4.69, 9.17) is 0 Å². The Morgan fingerprint density at radius 2 is 1.09 bits per heavy atom. The minimum atomic E-state index is -5.68. The van der Waals surface area contributed by atoms with Crippen molar-refractivity contribution in [2.24, 2.45) is 0 Å². The molecule has 0 fully saturated rings. The Balaban J connectivity index is -0.000000320. The molecule has 0 N–H and O–H groups in total. The van der Waals surface area contributed by atoms with Crippen molar-refractivity contribution in [2.45, 2.75) is 0 Å². The van der Waals surface area contributed by atoms with Gasteiger partial charge in [0.2, 0.25) is 0 Å². The molecule has 0 radical (unpaired) electrons. The van der Waals surface area contributed by atoms with Crippen molar-refractivity contribution in [3.63, 3.8) is 0 Å². The number of hydrogen-bond acceptors (Lipinski definition) is 7. The molecular formula is KMnO7P2. The molecule has 0 rings (SSSR count). The second-order valence-electron chi connectivity index (χ2n) is 0.976. The topological polar surface area (TPSA) is 136 Å². The van der Waals surface area contributed by atoms with Crippen LogP contribution in [0.3, 0.4) is 0 Å². The predicted molar refractivity (Wildman–Crippen MR) is 16.3 cm³/mol. The van der Waals surface area contributed by atoms with Gasteiger partial charge >= 0.3 is 68.5 Å². The van der Waals surface area contributed by atoms with Crippen LogP contribution in [0.15, 0.2) is 0 Å². The maximum atomic E-state index is 9.32. The summed E-state index contributed by atoms with van der Waals surface area (Å²) < 4.78 is 21.2. The maximum Gasteiger partial charge on any atom is 3.00 e. The Bertz CT molecular complexity index is 157. The minimum Gasteiger partial charge on any atom is -0.790 e. The molecule has 0 aliphatic rings. The average molecular weight is 268 g/mol. The van der Waals surface area contributed by atoms with Crippen LogP contribution in [-0.2, 0) is 30.5 Å². The fourth-order valence-corrected chi connectivity index (χ4v) is 1.10. The SMILES string of the molecule is O=P([O-])([O-])OP(=O)([O-])[O-].[K+].[Mn+3]. The maximum absolute atomic E-state index is 9.32. The van der Waals surface area contributed by atoms with Gasteiger partial charge in [0.15, 0.2) is 0 Å². The first-order chi connectivity index (χ1) is 3.71. The molecule has 0 saturated carbocycles. The summed E-state index contributed by atoms with van der Waals surface area (Å²) in [7, 11) is -11.4. The summed E-state index contributed by atoms with van der Waals surface area (Å²) in [4.78, 5) is 37.3. The van der Waals surface area contributed by atoms with Gasteiger partial charge in [-0.05, 0) is 0 Å². The van der Waals surface area contributed by atoms with Gasteiger partial charge in [-0.1, -0.05) is 0 Å². The van der Waals surface area contributed by atoms with E-state index in [9.17, 15) is 28.7 Å². The van der Waals surface area contributed by atoms with Gasteiger partial charge in [-0.15, -0.1) is 0 Å². The Morgan fingerprint density at radius 1 is 0.909 bits per heavy atom. The van der Waals surface area contributed by atoms with Crippen molar-refractivity contribution in [3.8, 4) is 0 Å². The van der Waals surface area contributed by atoms with Crippen LogP contribution in [0.25, 0.3) is 0 Å². The zero-order valence-corrected chi connectivity index (χ0v) is 11.2. The second kappa shape index (κ2) is 6.81. The molecule has 7 nitrogen and oxygen atoms in total. The third-order valence-electron chi connectivity index (χ3n) is 0.200. The van der Waals surface area contributed by atoms with Crippen LogP contribution in [0.5, 0.6) is 0 Å². The molecule has 0 aliphatic heterocycles. The van der Waals surface area contributed by atoms with E-state index in [-0.39, 0.29) is 68.5 Å². The van der Waals surface area contributed by atoms with Crippen LogP contribution in [-0.4, -0.2) is 0 Å². The summed E-state index contributed by atoms with van der Waals surface area (Å²) >= 11 is 0. The standard InChI is InChI=1S/K.Mn.H4O7P2/c;;1-8(2,3)7-9(4,5)6/h;;(H2,1,2,3)(H2,4,5,6)/q+1;+3;/p-4. The van der Waals surface area contributed by atoms with Gasteiger partial charge in [0.1, 0.15) is 0 Å². The van der Waals surface area contributed by atoms with Gasteiger partial charge in [-0.2, -0.15) is 0 Å². The molecule has 0 bridgehead atoms. The summed E-state index contributed by atoms with van der Waals surface area (Å²) in [6, 6.07) is 0. The van der Waals surface area contributed by atoms with E-state index in [1.807, 2.05) is 0 Å². The fraction of sp³-hybridized carbons (Fsp3) is 0. The quantitative estimate of drug-likeness (QED) is 0.359. The molecule has 0 unspecified atom stereocenters. The fourth-order valence-electron chi connectivity index (χ4n) is 0.122. The summed E-state index contributed by atoms with van der Waals surface area (Å²) in [5, 5.41) is 0. The van der Waals surface area contributed by atoms with Crippen molar-refractivity contribution >= 4 is 15.6 Å². The van der Waals surface area contributed by atoms with E-state index in [1.54, 1.807) is 0 Å². The Morgan fingerprint density at radius 3 is 1.09 bits per heavy atom. The van der Waals surface area contributed by atoms with Crippen LogP contribution in [0.4, 0.5) is 0 Å². The molecular weight excluding hydrogens is 268 g/mol. The first-order valence-corrected chi connectivity index (χ1v) is 4.38. The smallest absolute Gasteiger partial charge is 0.790 e. The molecule has 0 amide bonds. The van der Waals surface area contributed by atoms with Gasteiger partial charge in [0, 0.05) is 0 Å². The van der Waals surface area contributed by atoms with Crippen LogP contribution < -0.4 is 71.0 Å². The molecule has 0 aromatic heterocycles. The second-order valence-corrected chi connectivity index (χ2v) is 3.42. The molecule has 0 saturated heterocycles. The van der Waals surface area contributed by atoms with E-state index in [0.29, 0.717) is 0 Å². The molecule has 60 valence electrons.